The first-order chi connectivity index (χ1) is 16.7. The van der Waals surface area contributed by atoms with Crippen molar-refractivity contribution in [2.45, 2.75) is 19.1 Å². The lowest BCUT2D eigenvalue weighted by atomic mass is 10.0. The molecule has 1 atom stereocenters. The third-order valence-corrected chi connectivity index (χ3v) is 7.08. The van der Waals surface area contributed by atoms with Gasteiger partial charge in [-0.05, 0) is 34.0 Å². The van der Waals surface area contributed by atoms with E-state index in [0.717, 1.165) is 40.3 Å². The number of amides is 2. The van der Waals surface area contributed by atoms with Crippen molar-refractivity contribution in [3.63, 3.8) is 0 Å². The predicted octanol–water partition coefficient (Wildman–Crippen LogP) is 3.44. The first-order valence-electron chi connectivity index (χ1n) is 11.8. The molecule has 3 aromatic carbocycles. The molecule has 3 heterocycles. The number of piperazine rings is 2. The van der Waals surface area contributed by atoms with Gasteiger partial charge in [0, 0.05) is 44.3 Å². The van der Waals surface area contributed by atoms with Gasteiger partial charge in [-0.15, -0.1) is 0 Å². The summed E-state index contributed by atoms with van der Waals surface area (Å²) < 4.78 is 0. The van der Waals surface area contributed by atoms with E-state index in [2.05, 4.69) is 40.2 Å². The maximum absolute atomic E-state index is 13.6. The van der Waals surface area contributed by atoms with E-state index in [1.165, 1.54) is 5.56 Å². The van der Waals surface area contributed by atoms with E-state index < -0.39 is 6.04 Å². The summed E-state index contributed by atoms with van der Waals surface area (Å²) in [5.41, 5.74) is 3.24. The van der Waals surface area contributed by atoms with Crippen LogP contribution in [0.2, 0.25) is 0 Å². The van der Waals surface area contributed by atoms with Crippen molar-refractivity contribution in [1.29, 1.82) is 0 Å². The number of aromatic nitrogens is 1. The van der Waals surface area contributed by atoms with Crippen molar-refractivity contribution in [2.75, 3.05) is 26.2 Å². The molecule has 170 valence electrons. The smallest absolute Gasteiger partial charge is 0.247 e. The summed E-state index contributed by atoms with van der Waals surface area (Å²) in [6, 6.07) is 24.1. The van der Waals surface area contributed by atoms with Crippen molar-refractivity contribution in [2.24, 2.45) is 0 Å². The zero-order valence-electron chi connectivity index (χ0n) is 18.9. The van der Waals surface area contributed by atoms with E-state index in [4.69, 9.17) is 0 Å². The van der Waals surface area contributed by atoms with Gasteiger partial charge in [0.05, 0.1) is 5.52 Å². The zero-order valence-corrected chi connectivity index (χ0v) is 18.9. The molecular formula is C28H26N4O2. The molecule has 2 fully saturated rings. The second-order valence-electron chi connectivity index (χ2n) is 9.16. The number of pyridine rings is 1. The first kappa shape index (κ1) is 20.8. The third kappa shape index (κ3) is 3.70. The molecule has 1 unspecified atom stereocenters. The molecule has 4 aromatic rings. The molecule has 6 nitrogen and oxygen atoms in total. The Kier molecular flexibility index (Phi) is 5.23. The van der Waals surface area contributed by atoms with Gasteiger partial charge in [0.1, 0.15) is 12.6 Å². The van der Waals surface area contributed by atoms with Gasteiger partial charge in [-0.2, -0.15) is 0 Å². The zero-order chi connectivity index (χ0) is 23.1. The Bertz CT molecular complexity index is 1390. The summed E-state index contributed by atoms with van der Waals surface area (Å²) >= 11 is 0. The summed E-state index contributed by atoms with van der Waals surface area (Å²) in [6.07, 6.45) is 1.81. The molecule has 0 spiro atoms. The lowest BCUT2D eigenvalue weighted by molar-refractivity contribution is -0.160. The van der Waals surface area contributed by atoms with Crippen LogP contribution in [0.15, 0.2) is 79.0 Å². The number of carbonyl (C=O) groups excluding carboxylic acids is 2. The van der Waals surface area contributed by atoms with E-state index in [1.807, 2.05) is 48.7 Å². The van der Waals surface area contributed by atoms with Crippen LogP contribution in [0.4, 0.5) is 0 Å². The van der Waals surface area contributed by atoms with Crippen LogP contribution in [0.25, 0.3) is 21.7 Å². The Morgan fingerprint density at radius 2 is 1.56 bits per heavy atom. The highest BCUT2D eigenvalue weighted by molar-refractivity contribution is 5.95. The lowest BCUT2D eigenvalue weighted by Gasteiger charge is -2.46. The van der Waals surface area contributed by atoms with Gasteiger partial charge in [0.15, 0.2) is 0 Å². The molecular weight excluding hydrogens is 424 g/mol. The molecule has 1 aromatic heterocycles. The van der Waals surface area contributed by atoms with Crippen LogP contribution >= 0.6 is 0 Å². The number of carbonyl (C=O) groups is 2. The van der Waals surface area contributed by atoms with Gasteiger partial charge in [-0.25, -0.2) is 0 Å². The van der Waals surface area contributed by atoms with Crippen molar-refractivity contribution in [1.82, 2.24) is 19.7 Å². The average Bonchev–Trinajstić information content (AvgIpc) is 2.87. The highest BCUT2D eigenvalue weighted by Gasteiger charge is 2.42. The van der Waals surface area contributed by atoms with Gasteiger partial charge >= 0.3 is 0 Å². The SMILES string of the molecule is O=C1C2CN(Cc3cccc4ncccc34)CCN2C(=O)CN1Cc1cccc2ccccc12. The molecule has 0 N–H and O–H groups in total. The molecule has 2 aliphatic rings. The second-order valence-corrected chi connectivity index (χ2v) is 9.16. The Balaban J connectivity index is 1.23. The van der Waals surface area contributed by atoms with E-state index >= 15 is 0 Å². The van der Waals surface area contributed by atoms with Crippen molar-refractivity contribution in [3.05, 3.63) is 90.1 Å². The molecule has 2 amide bonds. The molecule has 0 saturated carbocycles. The van der Waals surface area contributed by atoms with Crippen molar-refractivity contribution < 1.29 is 9.59 Å². The normalized spacial score (nSPS) is 19.1. The number of hydrogen-bond donors (Lipinski definition) is 0. The van der Waals surface area contributed by atoms with E-state index in [1.54, 1.807) is 9.80 Å². The number of fused-ring (bicyclic) bond motifs is 3. The van der Waals surface area contributed by atoms with Gasteiger partial charge in [0.25, 0.3) is 0 Å². The standard InChI is InChI=1S/C28H26N4O2/c33-27-19-31(17-22-8-3-7-20-6-1-2-10-23(20)22)28(34)26-18-30(14-15-32(26)27)16-21-9-4-12-25-24(21)11-5-13-29-25/h1-13,26H,14-19H2. The Morgan fingerprint density at radius 1 is 0.794 bits per heavy atom. The third-order valence-electron chi connectivity index (χ3n) is 7.08. The highest BCUT2D eigenvalue weighted by Crippen LogP contribution is 2.25. The van der Waals surface area contributed by atoms with E-state index in [0.29, 0.717) is 19.6 Å². The minimum absolute atomic E-state index is 0.0387. The van der Waals surface area contributed by atoms with Crippen LogP contribution in [0.1, 0.15) is 11.1 Å². The van der Waals surface area contributed by atoms with Crippen molar-refractivity contribution in [3.8, 4) is 0 Å². The lowest BCUT2D eigenvalue weighted by Crippen LogP contribution is -2.66. The van der Waals surface area contributed by atoms with Gasteiger partial charge < -0.3 is 9.80 Å². The largest absolute Gasteiger partial charge is 0.327 e. The number of nitrogens with zero attached hydrogens (tertiary/aromatic N) is 4. The molecule has 0 bridgehead atoms. The predicted molar refractivity (Wildman–Crippen MR) is 132 cm³/mol. The highest BCUT2D eigenvalue weighted by atomic mass is 16.2. The molecule has 2 saturated heterocycles. The Labute approximate surface area is 198 Å². The van der Waals surface area contributed by atoms with E-state index in [-0.39, 0.29) is 18.4 Å². The Morgan fingerprint density at radius 3 is 2.47 bits per heavy atom. The monoisotopic (exact) mass is 450 g/mol. The summed E-state index contributed by atoms with van der Waals surface area (Å²) in [6.45, 7) is 3.22. The summed E-state index contributed by atoms with van der Waals surface area (Å²) in [7, 11) is 0. The Hall–Kier alpha value is -3.77. The quantitative estimate of drug-likeness (QED) is 0.478. The fourth-order valence-electron chi connectivity index (χ4n) is 5.35. The molecule has 34 heavy (non-hydrogen) atoms. The van der Waals surface area contributed by atoms with Crippen LogP contribution in [-0.2, 0) is 22.7 Å². The van der Waals surface area contributed by atoms with Crippen LogP contribution in [0.5, 0.6) is 0 Å². The topological polar surface area (TPSA) is 56.8 Å². The van der Waals surface area contributed by atoms with Gasteiger partial charge in [0.2, 0.25) is 11.8 Å². The molecule has 0 radical (unpaired) electrons. The van der Waals surface area contributed by atoms with Crippen LogP contribution in [-0.4, -0.2) is 63.7 Å². The number of benzene rings is 3. The van der Waals surface area contributed by atoms with Crippen LogP contribution < -0.4 is 0 Å². The van der Waals surface area contributed by atoms with Gasteiger partial charge in [-0.3, -0.25) is 19.5 Å². The fourth-order valence-corrected chi connectivity index (χ4v) is 5.35. The second kappa shape index (κ2) is 8.54. The molecule has 0 aliphatic carbocycles. The molecule has 2 aliphatic heterocycles. The number of hydrogen-bond acceptors (Lipinski definition) is 4. The van der Waals surface area contributed by atoms with Crippen molar-refractivity contribution >= 4 is 33.5 Å². The first-order valence-corrected chi connectivity index (χ1v) is 11.8. The van der Waals surface area contributed by atoms with Crippen LogP contribution in [0, 0.1) is 0 Å². The van der Waals surface area contributed by atoms with Crippen LogP contribution in [0.3, 0.4) is 0 Å². The summed E-state index contributed by atoms with van der Waals surface area (Å²) in [5.74, 6) is 0.0793. The van der Waals surface area contributed by atoms with E-state index in [9.17, 15) is 9.59 Å². The maximum atomic E-state index is 13.6. The number of rotatable bonds is 4. The average molecular weight is 451 g/mol. The molecule has 6 heteroatoms. The summed E-state index contributed by atoms with van der Waals surface area (Å²) in [4.78, 5) is 36.8. The summed E-state index contributed by atoms with van der Waals surface area (Å²) in [5, 5.41) is 3.41. The fraction of sp³-hybridized carbons (Fsp3) is 0.250. The minimum atomic E-state index is -0.432. The maximum Gasteiger partial charge on any atom is 0.247 e. The van der Waals surface area contributed by atoms with Gasteiger partial charge in [-0.1, -0.05) is 60.7 Å². The minimum Gasteiger partial charge on any atom is -0.327 e. The molecule has 6 rings (SSSR count).